The second kappa shape index (κ2) is 6.08. The summed E-state index contributed by atoms with van der Waals surface area (Å²) >= 11 is 0. The number of aryl methyl sites for hydroxylation is 1. The fraction of sp³-hybridized carbons (Fsp3) is 0.438. The zero-order valence-electron chi connectivity index (χ0n) is 12.6. The summed E-state index contributed by atoms with van der Waals surface area (Å²) in [6.45, 7) is 6.31. The number of nitrogens with zero attached hydrogens (tertiary/aromatic N) is 1. The Morgan fingerprint density at radius 2 is 1.76 bits per heavy atom. The summed E-state index contributed by atoms with van der Waals surface area (Å²) in [5.74, 6) is -1.54. The second-order valence-corrected chi connectivity index (χ2v) is 5.81. The molecule has 5 heteroatoms. The van der Waals surface area contributed by atoms with Gasteiger partial charge in [0.25, 0.3) is 0 Å². The molecule has 1 heterocycles. The molecule has 1 N–H and O–H groups in total. The smallest absolute Gasteiger partial charge is 0.277 e. The standard InChI is InChI=1S/C16H20N2O3/c1-10(2)8-9-18-15(20)13(14(19)17-16(18)21)12-6-4-11(3)5-7-12/h4-7,10,13H,8-9H2,1-3H3,(H,17,19,21). The van der Waals surface area contributed by atoms with Crippen LogP contribution in [0, 0.1) is 12.8 Å². The van der Waals surface area contributed by atoms with Gasteiger partial charge in [0.2, 0.25) is 11.8 Å². The van der Waals surface area contributed by atoms with Crippen LogP contribution in [0.5, 0.6) is 0 Å². The van der Waals surface area contributed by atoms with Crippen molar-refractivity contribution in [3.05, 3.63) is 35.4 Å². The van der Waals surface area contributed by atoms with Crippen LogP contribution >= 0.6 is 0 Å². The summed E-state index contributed by atoms with van der Waals surface area (Å²) in [5.41, 5.74) is 1.67. The van der Waals surface area contributed by atoms with E-state index in [1.54, 1.807) is 12.1 Å². The van der Waals surface area contributed by atoms with Crippen LogP contribution < -0.4 is 5.32 Å². The normalized spacial score (nSPS) is 19.1. The molecular formula is C16H20N2O3. The third-order valence-electron chi connectivity index (χ3n) is 3.59. The molecule has 1 aliphatic rings. The van der Waals surface area contributed by atoms with Crippen molar-refractivity contribution in [2.75, 3.05) is 6.54 Å². The van der Waals surface area contributed by atoms with Gasteiger partial charge in [0, 0.05) is 6.54 Å². The van der Waals surface area contributed by atoms with Gasteiger partial charge in [-0.15, -0.1) is 0 Å². The van der Waals surface area contributed by atoms with Gasteiger partial charge in [0.1, 0.15) is 5.92 Å². The summed E-state index contributed by atoms with van der Waals surface area (Å²) < 4.78 is 0. The maximum Gasteiger partial charge on any atom is 0.330 e. The maximum atomic E-state index is 12.5. The molecule has 0 aliphatic carbocycles. The highest BCUT2D eigenvalue weighted by Gasteiger charge is 2.40. The number of hydrogen-bond acceptors (Lipinski definition) is 3. The lowest BCUT2D eigenvalue weighted by atomic mass is 9.94. The Labute approximate surface area is 124 Å². The predicted octanol–water partition coefficient (Wildman–Crippen LogP) is 2.20. The number of hydrogen-bond donors (Lipinski definition) is 1. The van der Waals surface area contributed by atoms with E-state index in [2.05, 4.69) is 5.32 Å². The average Bonchev–Trinajstić information content (AvgIpc) is 2.40. The molecule has 1 fully saturated rings. The summed E-state index contributed by atoms with van der Waals surface area (Å²) in [4.78, 5) is 37.5. The van der Waals surface area contributed by atoms with Gasteiger partial charge < -0.3 is 0 Å². The molecular weight excluding hydrogens is 268 g/mol. The van der Waals surface area contributed by atoms with Gasteiger partial charge in [-0.1, -0.05) is 43.7 Å². The zero-order chi connectivity index (χ0) is 15.6. The summed E-state index contributed by atoms with van der Waals surface area (Å²) in [6, 6.07) is 6.60. The van der Waals surface area contributed by atoms with Crippen LogP contribution in [0.25, 0.3) is 0 Å². The quantitative estimate of drug-likeness (QED) is 0.864. The van der Waals surface area contributed by atoms with Crippen LogP contribution in [0.3, 0.4) is 0 Å². The van der Waals surface area contributed by atoms with E-state index < -0.39 is 23.8 Å². The van der Waals surface area contributed by atoms with E-state index in [-0.39, 0.29) is 0 Å². The first-order valence-electron chi connectivity index (χ1n) is 7.13. The minimum Gasteiger partial charge on any atom is -0.277 e. The Morgan fingerprint density at radius 3 is 2.33 bits per heavy atom. The van der Waals surface area contributed by atoms with Crippen molar-refractivity contribution in [2.45, 2.75) is 33.1 Å². The Balaban J connectivity index is 2.24. The molecule has 1 saturated heterocycles. The molecule has 0 saturated carbocycles. The molecule has 21 heavy (non-hydrogen) atoms. The van der Waals surface area contributed by atoms with Gasteiger partial charge in [-0.25, -0.2) is 4.79 Å². The SMILES string of the molecule is Cc1ccc(C2C(=O)NC(=O)N(CCC(C)C)C2=O)cc1. The first kappa shape index (κ1) is 15.2. The Bertz CT molecular complexity index is 563. The van der Waals surface area contributed by atoms with Crippen molar-refractivity contribution in [1.29, 1.82) is 0 Å². The van der Waals surface area contributed by atoms with E-state index in [4.69, 9.17) is 0 Å². The van der Waals surface area contributed by atoms with Crippen molar-refractivity contribution in [3.63, 3.8) is 0 Å². The zero-order valence-corrected chi connectivity index (χ0v) is 12.6. The van der Waals surface area contributed by atoms with Crippen molar-refractivity contribution >= 4 is 17.8 Å². The van der Waals surface area contributed by atoms with Crippen LogP contribution in [0.2, 0.25) is 0 Å². The lowest BCUT2D eigenvalue weighted by molar-refractivity contribution is -0.138. The van der Waals surface area contributed by atoms with Crippen molar-refractivity contribution < 1.29 is 14.4 Å². The molecule has 1 aromatic rings. The summed E-state index contributed by atoms with van der Waals surface area (Å²) in [6.07, 6.45) is 0.716. The molecule has 0 spiro atoms. The van der Waals surface area contributed by atoms with E-state index in [1.165, 1.54) is 0 Å². The number of benzene rings is 1. The topological polar surface area (TPSA) is 66.5 Å². The first-order valence-corrected chi connectivity index (χ1v) is 7.13. The lowest BCUT2D eigenvalue weighted by Crippen LogP contribution is -2.57. The predicted molar refractivity (Wildman–Crippen MR) is 78.6 cm³/mol. The number of imide groups is 2. The molecule has 1 unspecified atom stereocenters. The van der Waals surface area contributed by atoms with Gasteiger partial charge in [-0.2, -0.15) is 0 Å². The monoisotopic (exact) mass is 288 g/mol. The van der Waals surface area contributed by atoms with Crippen molar-refractivity contribution in [2.24, 2.45) is 5.92 Å². The van der Waals surface area contributed by atoms with Crippen molar-refractivity contribution in [1.82, 2.24) is 10.2 Å². The van der Waals surface area contributed by atoms with Crippen LogP contribution in [0.4, 0.5) is 4.79 Å². The maximum absolute atomic E-state index is 12.5. The highest BCUT2D eigenvalue weighted by molar-refractivity contribution is 6.19. The van der Waals surface area contributed by atoms with Crippen LogP contribution in [-0.2, 0) is 9.59 Å². The van der Waals surface area contributed by atoms with Crippen molar-refractivity contribution in [3.8, 4) is 0 Å². The molecule has 5 nitrogen and oxygen atoms in total. The number of urea groups is 1. The van der Waals surface area contributed by atoms with Crippen LogP contribution in [0.15, 0.2) is 24.3 Å². The highest BCUT2D eigenvalue weighted by Crippen LogP contribution is 2.23. The van der Waals surface area contributed by atoms with E-state index in [0.29, 0.717) is 24.4 Å². The fourth-order valence-corrected chi connectivity index (χ4v) is 2.26. The number of carbonyl (C=O) groups is 3. The summed E-state index contributed by atoms with van der Waals surface area (Å²) in [5, 5.41) is 2.27. The Morgan fingerprint density at radius 1 is 1.14 bits per heavy atom. The first-order chi connectivity index (χ1) is 9.90. The third-order valence-corrected chi connectivity index (χ3v) is 3.59. The molecule has 1 aliphatic heterocycles. The molecule has 0 radical (unpaired) electrons. The van der Waals surface area contributed by atoms with Crippen LogP contribution in [-0.4, -0.2) is 29.3 Å². The van der Waals surface area contributed by atoms with Gasteiger partial charge in [0.05, 0.1) is 0 Å². The third kappa shape index (κ3) is 3.29. The number of carbonyl (C=O) groups excluding carboxylic acids is 3. The largest absolute Gasteiger partial charge is 0.330 e. The van der Waals surface area contributed by atoms with E-state index in [0.717, 1.165) is 10.5 Å². The second-order valence-electron chi connectivity index (χ2n) is 5.81. The Hall–Kier alpha value is -2.17. The van der Waals surface area contributed by atoms with E-state index in [9.17, 15) is 14.4 Å². The van der Waals surface area contributed by atoms with Gasteiger partial charge >= 0.3 is 6.03 Å². The minimum absolute atomic E-state index is 0.331. The molecule has 112 valence electrons. The molecule has 1 aromatic carbocycles. The number of nitrogens with one attached hydrogen (secondary N) is 1. The van der Waals surface area contributed by atoms with Gasteiger partial charge in [0.15, 0.2) is 0 Å². The molecule has 0 aromatic heterocycles. The number of rotatable bonds is 4. The summed E-state index contributed by atoms with van der Waals surface area (Å²) in [7, 11) is 0. The molecule has 0 bridgehead atoms. The van der Waals surface area contributed by atoms with Gasteiger partial charge in [-0.05, 0) is 24.8 Å². The number of amides is 4. The minimum atomic E-state index is -0.935. The van der Waals surface area contributed by atoms with Crippen LogP contribution in [0.1, 0.15) is 37.3 Å². The van der Waals surface area contributed by atoms with E-state index in [1.807, 2.05) is 32.9 Å². The highest BCUT2D eigenvalue weighted by atomic mass is 16.2. The average molecular weight is 288 g/mol. The molecule has 2 rings (SSSR count). The lowest BCUT2D eigenvalue weighted by Gasteiger charge is -2.30. The fourth-order valence-electron chi connectivity index (χ4n) is 2.26. The van der Waals surface area contributed by atoms with Gasteiger partial charge in [-0.3, -0.25) is 19.8 Å². The molecule has 4 amide bonds. The Kier molecular flexibility index (Phi) is 4.40. The van der Waals surface area contributed by atoms with E-state index >= 15 is 0 Å². The molecule has 1 atom stereocenters. The number of barbiturate groups is 1.